The molecule has 0 atom stereocenters. The lowest BCUT2D eigenvalue weighted by Crippen LogP contribution is -2.40. The summed E-state index contributed by atoms with van der Waals surface area (Å²) in [6.45, 7) is 0.905. The van der Waals surface area contributed by atoms with Crippen LogP contribution in [-0.2, 0) is 16.4 Å². The Hall–Kier alpha value is -0.780. The molecule has 0 saturated carbocycles. The zero-order chi connectivity index (χ0) is 12.5. The number of hydrogen-bond donors (Lipinski definition) is 1. The Morgan fingerprint density at radius 2 is 1.94 bits per heavy atom. The van der Waals surface area contributed by atoms with Crippen LogP contribution in [0.4, 0.5) is 5.69 Å². The number of aliphatic hydroxyl groups excluding tert-OH is 1. The quantitative estimate of drug-likeness (QED) is 0.877. The van der Waals surface area contributed by atoms with E-state index in [1.807, 2.05) is 11.0 Å². The first-order chi connectivity index (χ1) is 8.02. The standard InChI is InChI=1S/C11H14ClNO3S/c12-11-7-10(2-1-9(11)8-14)13-3-5-17(15,16)6-4-13/h1-2,7,14H,3-6,8H2. The van der Waals surface area contributed by atoms with E-state index < -0.39 is 9.84 Å². The largest absolute Gasteiger partial charge is 0.392 e. The van der Waals surface area contributed by atoms with Crippen LogP contribution in [0.25, 0.3) is 0 Å². The minimum atomic E-state index is -2.86. The minimum Gasteiger partial charge on any atom is -0.392 e. The van der Waals surface area contributed by atoms with Gasteiger partial charge >= 0.3 is 0 Å². The fraction of sp³-hybridized carbons (Fsp3) is 0.455. The van der Waals surface area contributed by atoms with Crippen LogP contribution in [0.1, 0.15) is 5.56 Å². The van der Waals surface area contributed by atoms with Crippen molar-refractivity contribution in [1.29, 1.82) is 0 Å². The lowest BCUT2D eigenvalue weighted by Gasteiger charge is -2.29. The zero-order valence-electron chi connectivity index (χ0n) is 9.26. The van der Waals surface area contributed by atoms with Gasteiger partial charge in [-0.05, 0) is 17.7 Å². The summed E-state index contributed by atoms with van der Waals surface area (Å²) in [4.78, 5) is 1.99. The summed E-state index contributed by atoms with van der Waals surface area (Å²) in [5.74, 6) is 0.374. The number of halogens is 1. The van der Waals surface area contributed by atoms with Gasteiger partial charge in [0.25, 0.3) is 0 Å². The second-order valence-corrected chi connectivity index (χ2v) is 6.78. The second-order valence-electron chi connectivity index (χ2n) is 4.07. The predicted octanol–water partition coefficient (Wildman–Crippen LogP) is 1.07. The maximum absolute atomic E-state index is 11.3. The van der Waals surface area contributed by atoms with Gasteiger partial charge in [0, 0.05) is 23.8 Å². The average molecular weight is 276 g/mol. The van der Waals surface area contributed by atoms with Gasteiger partial charge in [0.05, 0.1) is 18.1 Å². The van der Waals surface area contributed by atoms with Crippen LogP contribution in [0, 0.1) is 0 Å². The molecule has 0 spiro atoms. The first-order valence-corrected chi connectivity index (χ1v) is 7.56. The van der Waals surface area contributed by atoms with Gasteiger partial charge in [0.15, 0.2) is 9.84 Å². The molecule has 0 aliphatic carbocycles. The molecule has 17 heavy (non-hydrogen) atoms. The molecule has 1 aliphatic heterocycles. The molecule has 1 saturated heterocycles. The highest BCUT2D eigenvalue weighted by Crippen LogP contribution is 2.24. The monoisotopic (exact) mass is 275 g/mol. The van der Waals surface area contributed by atoms with Gasteiger partial charge in [-0.15, -0.1) is 0 Å². The normalized spacial score (nSPS) is 19.3. The Kier molecular flexibility index (Phi) is 3.61. The molecule has 1 N–H and O–H groups in total. The summed E-state index contributed by atoms with van der Waals surface area (Å²) < 4.78 is 22.6. The summed E-state index contributed by atoms with van der Waals surface area (Å²) in [7, 11) is -2.86. The van der Waals surface area contributed by atoms with Crippen molar-refractivity contribution in [2.75, 3.05) is 29.5 Å². The molecular weight excluding hydrogens is 262 g/mol. The number of rotatable bonds is 2. The lowest BCUT2D eigenvalue weighted by atomic mass is 10.2. The molecule has 0 unspecified atom stereocenters. The van der Waals surface area contributed by atoms with Crippen molar-refractivity contribution in [2.45, 2.75) is 6.61 Å². The molecule has 6 heteroatoms. The third-order valence-electron chi connectivity index (χ3n) is 2.92. The predicted molar refractivity (Wildman–Crippen MR) is 68.2 cm³/mol. The molecule has 0 aromatic heterocycles. The van der Waals surface area contributed by atoms with E-state index in [0.29, 0.717) is 23.7 Å². The Balaban J connectivity index is 2.16. The Labute approximate surface area is 106 Å². The van der Waals surface area contributed by atoms with Crippen molar-refractivity contribution >= 4 is 27.1 Å². The number of nitrogens with zero attached hydrogens (tertiary/aromatic N) is 1. The summed E-state index contributed by atoms with van der Waals surface area (Å²) in [5, 5.41) is 9.52. The van der Waals surface area contributed by atoms with E-state index in [2.05, 4.69) is 0 Å². The highest BCUT2D eigenvalue weighted by atomic mass is 35.5. The van der Waals surface area contributed by atoms with Gasteiger partial charge < -0.3 is 10.0 Å². The van der Waals surface area contributed by atoms with Crippen LogP contribution < -0.4 is 4.90 Å². The van der Waals surface area contributed by atoms with Crippen LogP contribution in [0.5, 0.6) is 0 Å². The first-order valence-electron chi connectivity index (χ1n) is 5.36. The Bertz CT molecular complexity index is 501. The van der Waals surface area contributed by atoms with Gasteiger partial charge in [-0.1, -0.05) is 17.7 Å². The SMILES string of the molecule is O=S1(=O)CCN(c2ccc(CO)c(Cl)c2)CC1. The highest BCUT2D eigenvalue weighted by molar-refractivity contribution is 7.91. The smallest absolute Gasteiger partial charge is 0.153 e. The van der Waals surface area contributed by atoms with Crippen LogP contribution in [0.2, 0.25) is 5.02 Å². The molecule has 1 fully saturated rings. The third kappa shape index (κ3) is 2.91. The van der Waals surface area contributed by atoms with Crippen LogP contribution in [0.15, 0.2) is 18.2 Å². The molecule has 94 valence electrons. The minimum absolute atomic E-state index is 0.0898. The molecule has 1 heterocycles. The average Bonchev–Trinajstić information content (AvgIpc) is 2.29. The van der Waals surface area contributed by atoms with Crippen molar-refractivity contribution in [3.8, 4) is 0 Å². The Morgan fingerprint density at radius 1 is 1.29 bits per heavy atom. The molecule has 1 aromatic rings. The zero-order valence-corrected chi connectivity index (χ0v) is 10.8. The second kappa shape index (κ2) is 4.84. The molecule has 4 nitrogen and oxygen atoms in total. The Morgan fingerprint density at radius 3 is 2.47 bits per heavy atom. The van der Waals surface area contributed by atoms with E-state index in [1.165, 1.54) is 0 Å². The van der Waals surface area contributed by atoms with Crippen LogP contribution in [0.3, 0.4) is 0 Å². The summed E-state index contributed by atoms with van der Waals surface area (Å²) in [6.07, 6.45) is 0. The summed E-state index contributed by atoms with van der Waals surface area (Å²) in [6, 6.07) is 5.39. The summed E-state index contributed by atoms with van der Waals surface area (Å²) >= 11 is 6.00. The van der Waals surface area contributed by atoms with Crippen LogP contribution >= 0.6 is 11.6 Å². The molecule has 0 amide bonds. The summed E-state index contributed by atoms with van der Waals surface area (Å²) in [5.41, 5.74) is 1.59. The van der Waals surface area contributed by atoms with Gasteiger partial charge in [0.2, 0.25) is 0 Å². The van der Waals surface area contributed by atoms with Crippen molar-refractivity contribution in [3.05, 3.63) is 28.8 Å². The molecule has 2 rings (SSSR count). The van der Waals surface area contributed by atoms with Crippen molar-refractivity contribution in [1.82, 2.24) is 0 Å². The molecule has 1 aliphatic rings. The molecule has 0 radical (unpaired) electrons. The number of benzene rings is 1. The van der Waals surface area contributed by atoms with Crippen molar-refractivity contribution < 1.29 is 13.5 Å². The molecule has 0 bridgehead atoms. The van der Waals surface area contributed by atoms with E-state index in [4.69, 9.17) is 16.7 Å². The van der Waals surface area contributed by atoms with E-state index in [1.54, 1.807) is 12.1 Å². The number of anilines is 1. The third-order valence-corrected chi connectivity index (χ3v) is 4.88. The topological polar surface area (TPSA) is 57.6 Å². The fourth-order valence-corrected chi connectivity index (χ4v) is 3.27. The van der Waals surface area contributed by atoms with E-state index in [9.17, 15) is 8.42 Å². The number of hydrogen-bond acceptors (Lipinski definition) is 4. The highest BCUT2D eigenvalue weighted by Gasteiger charge is 2.21. The van der Waals surface area contributed by atoms with E-state index in [-0.39, 0.29) is 18.1 Å². The van der Waals surface area contributed by atoms with E-state index in [0.717, 1.165) is 5.69 Å². The maximum atomic E-state index is 11.3. The number of aliphatic hydroxyl groups is 1. The molecule has 1 aromatic carbocycles. The van der Waals surface area contributed by atoms with Crippen molar-refractivity contribution in [2.24, 2.45) is 0 Å². The van der Waals surface area contributed by atoms with Gasteiger partial charge in [-0.25, -0.2) is 8.42 Å². The maximum Gasteiger partial charge on any atom is 0.153 e. The van der Waals surface area contributed by atoms with Gasteiger partial charge in [0.1, 0.15) is 0 Å². The van der Waals surface area contributed by atoms with Crippen LogP contribution in [-0.4, -0.2) is 38.1 Å². The molecular formula is C11H14ClNO3S. The van der Waals surface area contributed by atoms with Crippen molar-refractivity contribution in [3.63, 3.8) is 0 Å². The lowest BCUT2D eigenvalue weighted by molar-refractivity contribution is 0.282. The van der Waals surface area contributed by atoms with Gasteiger partial charge in [-0.3, -0.25) is 0 Å². The fourth-order valence-electron chi connectivity index (χ4n) is 1.83. The number of sulfone groups is 1. The van der Waals surface area contributed by atoms with E-state index >= 15 is 0 Å². The first kappa shape index (κ1) is 12.7. The van der Waals surface area contributed by atoms with Gasteiger partial charge in [-0.2, -0.15) is 0 Å².